The van der Waals surface area contributed by atoms with Crippen molar-refractivity contribution in [3.63, 3.8) is 0 Å². The second-order valence-corrected chi connectivity index (χ2v) is 5.03. The summed E-state index contributed by atoms with van der Waals surface area (Å²) < 4.78 is 5.65. The molecule has 0 aromatic rings. The molecule has 0 saturated carbocycles. The summed E-state index contributed by atoms with van der Waals surface area (Å²) in [5.74, 6) is 3.24. The molecule has 1 saturated heterocycles. The molecule has 0 spiro atoms. The monoisotopic (exact) mass is 184 g/mol. The van der Waals surface area contributed by atoms with Crippen LogP contribution in [0.4, 0.5) is 0 Å². The molecule has 1 heteroatoms. The first-order chi connectivity index (χ1) is 6.13. The third-order valence-corrected chi connectivity index (χ3v) is 3.40. The molecule has 0 aromatic heterocycles. The minimum atomic E-state index is 0.769. The summed E-state index contributed by atoms with van der Waals surface area (Å²) in [6.07, 6.45) is 2.62. The Labute approximate surface area is 82.9 Å². The lowest BCUT2D eigenvalue weighted by Gasteiger charge is -2.30. The summed E-state index contributed by atoms with van der Waals surface area (Å²) in [4.78, 5) is 0. The minimum absolute atomic E-state index is 0.769. The standard InChI is InChI=1S/C12H24O/c1-9(2)11-6-5-7-13-8-12(11)10(3)4/h9-12H,5-8H2,1-4H3. The molecular weight excluding hydrogens is 160 g/mol. The maximum atomic E-state index is 5.65. The van der Waals surface area contributed by atoms with Crippen molar-refractivity contribution in [2.75, 3.05) is 13.2 Å². The Hall–Kier alpha value is -0.0400. The van der Waals surface area contributed by atoms with E-state index in [0.717, 1.165) is 36.9 Å². The van der Waals surface area contributed by atoms with E-state index >= 15 is 0 Å². The summed E-state index contributed by atoms with van der Waals surface area (Å²) in [5, 5.41) is 0. The van der Waals surface area contributed by atoms with Gasteiger partial charge in [0.15, 0.2) is 0 Å². The summed E-state index contributed by atoms with van der Waals surface area (Å²) in [7, 11) is 0. The van der Waals surface area contributed by atoms with Crippen LogP contribution in [0.15, 0.2) is 0 Å². The lowest BCUT2D eigenvalue weighted by molar-refractivity contribution is 0.0737. The van der Waals surface area contributed by atoms with E-state index in [9.17, 15) is 0 Å². The van der Waals surface area contributed by atoms with Crippen molar-refractivity contribution in [1.29, 1.82) is 0 Å². The number of rotatable bonds is 2. The molecule has 0 aliphatic carbocycles. The van der Waals surface area contributed by atoms with E-state index in [4.69, 9.17) is 4.74 Å². The van der Waals surface area contributed by atoms with E-state index in [1.165, 1.54) is 12.8 Å². The number of ether oxygens (including phenoxy) is 1. The largest absolute Gasteiger partial charge is 0.381 e. The first kappa shape index (κ1) is 11.0. The minimum Gasteiger partial charge on any atom is -0.381 e. The second-order valence-electron chi connectivity index (χ2n) is 5.03. The van der Waals surface area contributed by atoms with E-state index in [2.05, 4.69) is 27.7 Å². The summed E-state index contributed by atoms with van der Waals surface area (Å²) in [6, 6.07) is 0. The highest BCUT2D eigenvalue weighted by molar-refractivity contribution is 4.77. The topological polar surface area (TPSA) is 9.23 Å². The van der Waals surface area contributed by atoms with Crippen molar-refractivity contribution in [1.82, 2.24) is 0 Å². The summed E-state index contributed by atoms with van der Waals surface area (Å²) in [6.45, 7) is 11.3. The van der Waals surface area contributed by atoms with Gasteiger partial charge in [-0.25, -0.2) is 0 Å². The van der Waals surface area contributed by atoms with Gasteiger partial charge in [0.1, 0.15) is 0 Å². The highest BCUT2D eigenvalue weighted by Crippen LogP contribution is 2.33. The molecule has 0 N–H and O–H groups in total. The SMILES string of the molecule is CC(C)C1CCCOCC1C(C)C. The van der Waals surface area contributed by atoms with Gasteiger partial charge in [0.25, 0.3) is 0 Å². The second kappa shape index (κ2) is 4.99. The molecule has 78 valence electrons. The Morgan fingerprint density at radius 2 is 1.62 bits per heavy atom. The van der Waals surface area contributed by atoms with Gasteiger partial charge in [0.05, 0.1) is 0 Å². The van der Waals surface area contributed by atoms with E-state index < -0.39 is 0 Å². The van der Waals surface area contributed by atoms with Gasteiger partial charge in [0, 0.05) is 13.2 Å². The summed E-state index contributed by atoms with van der Waals surface area (Å²) in [5.41, 5.74) is 0. The van der Waals surface area contributed by atoms with Crippen LogP contribution < -0.4 is 0 Å². The Bertz CT molecular complexity index is 124. The van der Waals surface area contributed by atoms with Gasteiger partial charge in [-0.05, 0) is 36.5 Å². The van der Waals surface area contributed by atoms with Gasteiger partial charge in [0.2, 0.25) is 0 Å². The van der Waals surface area contributed by atoms with Crippen molar-refractivity contribution in [3.05, 3.63) is 0 Å². The Kier molecular flexibility index (Phi) is 4.24. The van der Waals surface area contributed by atoms with Gasteiger partial charge in [-0.2, -0.15) is 0 Å². The first-order valence-corrected chi connectivity index (χ1v) is 5.70. The van der Waals surface area contributed by atoms with E-state index in [0.29, 0.717) is 0 Å². The van der Waals surface area contributed by atoms with Gasteiger partial charge >= 0.3 is 0 Å². The van der Waals surface area contributed by atoms with Gasteiger partial charge in [-0.1, -0.05) is 27.7 Å². The normalized spacial score (nSPS) is 30.9. The average molecular weight is 184 g/mol. The zero-order chi connectivity index (χ0) is 9.84. The fourth-order valence-corrected chi connectivity index (χ4v) is 2.49. The van der Waals surface area contributed by atoms with Gasteiger partial charge < -0.3 is 4.74 Å². The van der Waals surface area contributed by atoms with Crippen molar-refractivity contribution in [2.24, 2.45) is 23.7 Å². The molecule has 0 amide bonds. The molecule has 13 heavy (non-hydrogen) atoms. The van der Waals surface area contributed by atoms with Crippen molar-refractivity contribution < 1.29 is 4.74 Å². The van der Waals surface area contributed by atoms with Crippen LogP contribution in [0.3, 0.4) is 0 Å². The van der Waals surface area contributed by atoms with Crippen LogP contribution in [0, 0.1) is 23.7 Å². The van der Waals surface area contributed by atoms with Crippen LogP contribution in [-0.4, -0.2) is 13.2 Å². The third-order valence-electron chi connectivity index (χ3n) is 3.40. The molecule has 1 rings (SSSR count). The van der Waals surface area contributed by atoms with E-state index in [-0.39, 0.29) is 0 Å². The van der Waals surface area contributed by atoms with Crippen molar-refractivity contribution in [2.45, 2.75) is 40.5 Å². The predicted octanol–water partition coefficient (Wildman–Crippen LogP) is 3.34. The molecule has 1 aliphatic heterocycles. The van der Waals surface area contributed by atoms with Gasteiger partial charge in [-0.15, -0.1) is 0 Å². The van der Waals surface area contributed by atoms with Crippen LogP contribution in [0.2, 0.25) is 0 Å². The summed E-state index contributed by atoms with van der Waals surface area (Å²) >= 11 is 0. The quantitative estimate of drug-likeness (QED) is 0.639. The Balaban J connectivity index is 2.61. The van der Waals surface area contributed by atoms with Crippen LogP contribution >= 0.6 is 0 Å². The zero-order valence-electron chi connectivity index (χ0n) is 9.55. The van der Waals surface area contributed by atoms with Crippen molar-refractivity contribution >= 4 is 0 Å². The lowest BCUT2D eigenvalue weighted by atomic mass is 9.76. The molecule has 1 heterocycles. The van der Waals surface area contributed by atoms with Crippen LogP contribution in [0.25, 0.3) is 0 Å². The molecule has 0 aromatic carbocycles. The Morgan fingerprint density at radius 1 is 1.00 bits per heavy atom. The highest BCUT2D eigenvalue weighted by Gasteiger charge is 2.28. The van der Waals surface area contributed by atoms with Crippen LogP contribution in [0.5, 0.6) is 0 Å². The van der Waals surface area contributed by atoms with E-state index in [1.807, 2.05) is 0 Å². The molecule has 2 unspecified atom stereocenters. The van der Waals surface area contributed by atoms with Crippen LogP contribution in [-0.2, 0) is 4.74 Å². The molecule has 0 radical (unpaired) electrons. The molecular formula is C12H24O. The average Bonchev–Trinajstić information content (AvgIpc) is 2.27. The zero-order valence-corrected chi connectivity index (χ0v) is 9.55. The molecule has 1 nitrogen and oxygen atoms in total. The van der Waals surface area contributed by atoms with E-state index in [1.54, 1.807) is 0 Å². The molecule has 1 aliphatic rings. The Morgan fingerprint density at radius 3 is 2.15 bits per heavy atom. The molecule has 0 bridgehead atoms. The molecule has 2 atom stereocenters. The lowest BCUT2D eigenvalue weighted by Crippen LogP contribution is -2.26. The maximum Gasteiger partial charge on any atom is 0.0499 e. The first-order valence-electron chi connectivity index (χ1n) is 5.70. The van der Waals surface area contributed by atoms with Crippen molar-refractivity contribution in [3.8, 4) is 0 Å². The third kappa shape index (κ3) is 2.98. The number of hydrogen-bond acceptors (Lipinski definition) is 1. The molecule has 1 fully saturated rings. The number of hydrogen-bond donors (Lipinski definition) is 0. The van der Waals surface area contributed by atoms with Crippen LogP contribution in [0.1, 0.15) is 40.5 Å². The van der Waals surface area contributed by atoms with Gasteiger partial charge in [-0.3, -0.25) is 0 Å². The fraction of sp³-hybridized carbons (Fsp3) is 1.00. The maximum absolute atomic E-state index is 5.65. The predicted molar refractivity (Wildman–Crippen MR) is 56.7 cm³/mol. The highest BCUT2D eigenvalue weighted by atomic mass is 16.5. The smallest absolute Gasteiger partial charge is 0.0499 e. The fourth-order valence-electron chi connectivity index (χ4n) is 2.49.